The number of carbonyl (C=O) groups is 1. The van der Waals surface area contributed by atoms with Crippen LogP contribution in [0.25, 0.3) is 10.8 Å². The van der Waals surface area contributed by atoms with E-state index in [1.165, 1.54) is 0 Å². The summed E-state index contributed by atoms with van der Waals surface area (Å²) in [7, 11) is 0. The van der Waals surface area contributed by atoms with E-state index in [1.807, 2.05) is 30.3 Å². The Balaban J connectivity index is 2.21. The molecule has 2 aromatic rings. The molecule has 2 heteroatoms. The van der Waals surface area contributed by atoms with Crippen molar-refractivity contribution in [3.05, 3.63) is 54.1 Å². The van der Waals surface area contributed by atoms with Crippen LogP contribution in [0.4, 0.5) is 0 Å². The molecular formula is C15H14O2. The molecule has 0 aromatic heterocycles. The second-order valence-electron chi connectivity index (χ2n) is 3.85. The van der Waals surface area contributed by atoms with Crippen molar-refractivity contribution in [3.8, 4) is 5.75 Å². The lowest BCUT2D eigenvalue weighted by molar-refractivity contribution is -0.104. The number of hydrogen-bond acceptors (Lipinski definition) is 2. The van der Waals surface area contributed by atoms with Crippen molar-refractivity contribution >= 4 is 17.1 Å². The molecule has 86 valence electrons. The van der Waals surface area contributed by atoms with Gasteiger partial charge in [0.05, 0.1) is 0 Å². The molecule has 0 spiro atoms. The predicted octanol–water partition coefficient (Wildman–Crippen LogP) is 3.36. The van der Waals surface area contributed by atoms with Crippen molar-refractivity contribution in [2.75, 3.05) is 6.61 Å². The van der Waals surface area contributed by atoms with Crippen LogP contribution in [0.1, 0.15) is 6.92 Å². The van der Waals surface area contributed by atoms with Crippen LogP contribution in [0.5, 0.6) is 5.75 Å². The van der Waals surface area contributed by atoms with Gasteiger partial charge in [0.1, 0.15) is 18.6 Å². The summed E-state index contributed by atoms with van der Waals surface area (Å²) >= 11 is 0. The fourth-order valence-corrected chi connectivity index (χ4v) is 1.63. The van der Waals surface area contributed by atoms with Gasteiger partial charge in [-0.3, -0.25) is 4.79 Å². The standard InChI is InChI=1S/C15H14O2/c1-12(11-16)9-10-17-15-8-4-6-13-5-2-3-7-14(13)15/h2-9,11H,10H2,1H3. The Labute approximate surface area is 101 Å². The third kappa shape index (κ3) is 2.72. The van der Waals surface area contributed by atoms with Crippen LogP contribution in [0.15, 0.2) is 54.1 Å². The Bertz CT molecular complexity index is 550. The molecule has 0 atom stereocenters. The number of ether oxygens (including phenoxy) is 1. The lowest BCUT2D eigenvalue weighted by Gasteiger charge is -2.07. The predicted molar refractivity (Wildman–Crippen MR) is 69.3 cm³/mol. The van der Waals surface area contributed by atoms with E-state index in [9.17, 15) is 4.79 Å². The normalized spacial score (nSPS) is 11.5. The minimum absolute atomic E-state index is 0.415. The molecule has 2 nitrogen and oxygen atoms in total. The van der Waals surface area contributed by atoms with Crippen molar-refractivity contribution in [1.29, 1.82) is 0 Å². The van der Waals surface area contributed by atoms with Gasteiger partial charge in [0.25, 0.3) is 0 Å². The maximum Gasteiger partial charge on any atom is 0.145 e. The molecule has 0 unspecified atom stereocenters. The summed E-state index contributed by atoms with van der Waals surface area (Å²) in [6.45, 7) is 2.18. The van der Waals surface area contributed by atoms with Gasteiger partial charge in [-0.2, -0.15) is 0 Å². The van der Waals surface area contributed by atoms with Gasteiger partial charge in [-0.15, -0.1) is 0 Å². The van der Waals surface area contributed by atoms with Gasteiger partial charge in [-0.05, 0) is 30.0 Å². The zero-order valence-electron chi connectivity index (χ0n) is 9.72. The minimum atomic E-state index is 0.415. The average Bonchev–Trinajstić information content (AvgIpc) is 2.39. The Kier molecular flexibility index (Phi) is 3.55. The molecule has 0 saturated carbocycles. The number of carbonyl (C=O) groups excluding carboxylic acids is 1. The average molecular weight is 226 g/mol. The van der Waals surface area contributed by atoms with Gasteiger partial charge in [0, 0.05) is 5.39 Å². The van der Waals surface area contributed by atoms with Crippen molar-refractivity contribution < 1.29 is 9.53 Å². The molecule has 0 aliphatic carbocycles. The molecule has 0 heterocycles. The Morgan fingerprint density at radius 3 is 2.76 bits per heavy atom. The van der Waals surface area contributed by atoms with Crippen molar-refractivity contribution in [2.24, 2.45) is 0 Å². The molecular weight excluding hydrogens is 212 g/mol. The molecule has 0 saturated heterocycles. The van der Waals surface area contributed by atoms with Crippen LogP contribution in [0.2, 0.25) is 0 Å². The Morgan fingerprint density at radius 1 is 1.18 bits per heavy atom. The van der Waals surface area contributed by atoms with Gasteiger partial charge in [0.15, 0.2) is 0 Å². The van der Waals surface area contributed by atoms with Crippen LogP contribution in [-0.2, 0) is 4.79 Å². The first-order chi connectivity index (χ1) is 8.31. The molecule has 0 aliphatic rings. The van der Waals surface area contributed by atoms with Crippen LogP contribution >= 0.6 is 0 Å². The maximum atomic E-state index is 10.4. The molecule has 0 radical (unpaired) electrons. The summed E-state index contributed by atoms with van der Waals surface area (Å²) in [5.41, 5.74) is 0.685. The topological polar surface area (TPSA) is 26.3 Å². The fourth-order valence-electron chi connectivity index (χ4n) is 1.63. The highest BCUT2D eigenvalue weighted by Gasteiger charge is 1.99. The zero-order chi connectivity index (χ0) is 12.1. The maximum absolute atomic E-state index is 10.4. The van der Waals surface area contributed by atoms with Crippen molar-refractivity contribution in [1.82, 2.24) is 0 Å². The quantitative estimate of drug-likeness (QED) is 0.590. The fraction of sp³-hybridized carbons (Fsp3) is 0.133. The molecule has 0 amide bonds. The van der Waals surface area contributed by atoms with E-state index < -0.39 is 0 Å². The highest BCUT2D eigenvalue weighted by Crippen LogP contribution is 2.24. The molecule has 0 bridgehead atoms. The summed E-state index contributed by atoms with van der Waals surface area (Å²) in [4.78, 5) is 10.4. The molecule has 17 heavy (non-hydrogen) atoms. The summed E-state index contributed by atoms with van der Waals surface area (Å²) < 4.78 is 5.66. The number of allylic oxidation sites excluding steroid dienone is 1. The van der Waals surface area contributed by atoms with Crippen molar-refractivity contribution in [3.63, 3.8) is 0 Å². The van der Waals surface area contributed by atoms with E-state index >= 15 is 0 Å². The van der Waals surface area contributed by atoms with Gasteiger partial charge in [-0.1, -0.05) is 36.4 Å². The first kappa shape index (κ1) is 11.4. The van der Waals surface area contributed by atoms with Gasteiger partial charge >= 0.3 is 0 Å². The van der Waals surface area contributed by atoms with E-state index in [-0.39, 0.29) is 0 Å². The Hall–Kier alpha value is -2.09. The number of rotatable bonds is 4. The summed E-state index contributed by atoms with van der Waals surface area (Å²) in [6.07, 6.45) is 2.60. The molecule has 2 aromatic carbocycles. The van der Waals surface area contributed by atoms with Crippen LogP contribution in [0.3, 0.4) is 0 Å². The first-order valence-electron chi connectivity index (χ1n) is 5.54. The molecule has 2 rings (SSSR count). The van der Waals surface area contributed by atoms with Gasteiger partial charge in [-0.25, -0.2) is 0 Å². The third-order valence-electron chi connectivity index (χ3n) is 2.58. The number of fused-ring (bicyclic) bond motifs is 1. The van der Waals surface area contributed by atoms with Crippen LogP contribution in [-0.4, -0.2) is 12.9 Å². The Morgan fingerprint density at radius 2 is 1.94 bits per heavy atom. The number of hydrogen-bond donors (Lipinski definition) is 0. The molecule has 0 N–H and O–H groups in total. The highest BCUT2D eigenvalue weighted by molar-refractivity contribution is 5.88. The number of benzene rings is 2. The molecule has 0 aliphatic heterocycles. The van der Waals surface area contributed by atoms with E-state index in [0.29, 0.717) is 12.2 Å². The monoisotopic (exact) mass is 226 g/mol. The highest BCUT2D eigenvalue weighted by atomic mass is 16.5. The number of aldehydes is 1. The second kappa shape index (κ2) is 5.30. The smallest absolute Gasteiger partial charge is 0.145 e. The summed E-state index contributed by atoms with van der Waals surface area (Å²) in [5, 5.41) is 2.24. The van der Waals surface area contributed by atoms with Crippen LogP contribution in [0, 0.1) is 0 Å². The van der Waals surface area contributed by atoms with E-state index in [2.05, 4.69) is 12.1 Å². The minimum Gasteiger partial charge on any atom is -0.489 e. The zero-order valence-corrected chi connectivity index (χ0v) is 9.72. The second-order valence-corrected chi connectivity index (χ2v) is 3.85. The van der Waals surface area contributed by atoms with E-state index in [1.54, 1.807) is 13.0 Å². The van der Waals surface area contributed by atoms with Crippen LogP contribution < -0.4 is 4.74 Å². The lowest BCUT2D eigenvalue weighted by atomic mass is 10.1. The van der Waals surface area contributed by atoms with E-state index in [4.69, 9.17) is 4.74 Å². The first-order valence-corrected chi connectivity index (χ1v) is 5.54. The summed E-state index contributed by atoms with van der Waals surface area (Å²) in [6, 6.07) is 14.0. The summed E-state index contributed by atoms with van der Waals surface area (Å²) in [5.74, 6) is 0.845. The van der Waals surface area contributed by atoms with Gasteiger partial charge < -0.3 is 4.74 Å². The SMILES string of the molecule is CC(C=O)=CCOc1cccc2ccccc12. The van der Waals surface area contributed by atoms with Crippen molar-refractivity contribution in [2.45, 2.75) is 6.92 Å². The van der Waals surface area contributed by atoms with E-state index in [0.717, 1.165) is 22.8 Å². The third-order valence-corrected chi connectivity index (χ3v) is 2.58. The lowest BCUT2D eigenvalue weighted by Crippen LogP contribution is -1.95. The largest absolute Gasteiger partial charge is 0.489 e. The molecule has 0 fully saturated rings. The van der Waals surface area contributed by atoms with Gasteiger partial charge in [0.2, 0.25) is 0 Å².